The molecule has 0 saturated heterocycles. The molecule has 2 fully saturated rings. The molecule has 230 valence electrons. The van der Waals surface area contributed by atoms with Gasteiger partial charge >= 0.3 is 5.97 Å². The van der Waals surface area contributed by atoms with Gasteiger partial charge in [-0.15, -0.1) is 10.8 Å². The van der Waals surface area contributed by atoms with Gasteiger partial charge in [0.2, 0.25) is 0 Å². The minimum absolute atomic E-state index is 0.117. The van der Waals surface area contributed by atoms with Gasteiger partial charge in [0.05, 0.1) is 33.9 Å². The van der Waals surface area contributed by atoms with E-state index in [9.17, 15) is 29.1 Å². The number of nitrogens with one attached hydrogen (secondary N) is 2. The SMILES string of the molecule is CC(C)(C)C1(C(=O)O)CCC(N2Cc3cc(Nc4nn(C5CCCCC5C#N)c5cc[nH]c(=O)c45)ccc3S2(O)O)CC1. The molecule has 3 aromatic rings. The molecule has 11 nitrogen and oxygen atoms in total. The Morgan fingerprint density at radius 1 is 1.16 bits per heavy atom. The molecule has 0 amide bonds. The summed E-state index contributed by atoms with van der Waals surface area (Å²) in [5, 5.41) is 28.4. The first kappa shape index (κ1) is 29.7. The lowest BCUT2D eigenvalue weighted by Crippen LogP contribution is -2.49. The number of carboxylic acid groups (broad SMARTS) is 1. The lowest BCUT2D eigenvalue weighted by Gasteiger charge is -2.49. The van der Waals surface area contributed by atoms with Crippen LogP contribution < -0.4 is 10.9 Å². The van der Waals surface area contributed by atoms with Gasteiger partial charge in [-0.3, -0.25) is 23.4 Å². The molecule has 0 spiro atoms. The molecular formula is C31H40N6O5S. The molecule has 5 N–H and O–H groups in total. The molecule has 2 saturated carbocycles. The number of carboxylic acids is 1. The number of aliphatic carboxylic acids is 1. The summed E-state index contributed by atoms with van der Waals surface area (Å²) in [5.74, 6) is -0.574. The van der Waals surface area contributed by atoms with Crippen LogP contribution in [0.25, 0.3) is 10.9 Å². The molecule has 1 aromatic carbocycles. The number of benzene rings is 1. The van der Waals surface area contributed by atoms with E-state index in [1.807, 2.05) is 37.6 Å². The Bertz CT molecular complexity index is 1660. The second-order valence-electron chi connectivity index (χ2n) is 13.4. The van der Waals surface area contributed by atoms with E-state index in [-0.39, 0.29) is 23.6 Å². The van der Waals surface area contributed by atoms with Gasteiger partial charge in [-0.05, 0) is 73.8 Å². The molecule has 6 rings (SSSR count). The van der Waals surface area contributed by atoms with Gasteiger partial charge in [-0.25, -0.2) is 0 Å². The number of H-pyrrole nitrogens is 1. The number of nitrogens with zero attached hydrogens (tertiary/aromatic N) is 4. The molecule has 2 aliphatic carbocycles. The predicted octanol–water partition coefficient (Wildman–Crippen LogP) is 6.62. The summed E-state index contributed by atoms with van der Waals surface area (Å²) in [7, 11) is -3.24. The van der Waals surface area contributed by atoms with Crippen LogP contribution >= 0.6 is 10.8 Å². The highest BCUT2D eigenvalue weighted by molar-refractivity contribution is 8.22. The fraction of sp³-hybridized carbons (Fsp3) is 0.548. The monoisotopic (exact) mass is 608 g/mol. The summed E-state index contributed by atoms with van der Waals surface area (Å²) in [6.45, 7) is 6.22. The number of nitriles is 1. The minimum atomic E-state index is -3.24. The number of rotatable bonds is 5. The number of fused-ring (bicyclic) bond motifs is 2. The third-order valence-electron chi connectivity index (χ3n) is 10.2. The van der Waals surface area contributed by atoms with Crippen molar-refractivity contribution in [2.24, 2.45) is 16.7 Å². The quantitative estimate of drug-likeness (QED) is 0.214. The fourth-order valence-electron chi connectivity index (χ4n) is 7.57. The Hall–Kier alpha value is -3.37. The van der Waals surface area contributed by atoms with E-state index in [1.165, 1.54) is 0 Å². The van der Waals surface area contributed by atoms with E-state index in [0.29, 0.717) is 59.5 Å². The van der Waals surface area contributed by atoms with Crippen LogP contribution in [0, 0.1) is 28.1 Å². The Morgan fingerprint density at radius 3 is 2.56 bits per heavy atom. The van der Waals surface area contributed by atoms with E-state index in [2.05, 4.69) is 16.4 Å². The number of aromatic nitrogens is 3. The maximum atomic E-state index is 13.0. The summed E-state index contributed by atoms with van der Waals surface area (Å²) in [6.07, 6.45) is 7.30. The van der Waals surface area contributed by atoms with Gasteiger partial charge < -0.3 is 15.4 Å². The van der Waals surface area contributed by atoms with Crippen LogP contribution in [0.4, 0.5) is 11.5 Å². The minimum Gasteiger partial charge on any atom is -0.481 e. The van der Waals surface area contributed by atoms with Crippen molar-refractivity contribution >= 4 is 39.2 Å². The van der Waals surface area contributed by atoms with Crippen molar-refractivity contribution in [2.75, 3.05) is 5.32 Å². The highest BCUT2D eigenvalue weighted by Gasteiger charge is 2.52. The van der Waals surface area contributed by atoms with Crippen LogP contribution in [0.2, 0.25) is 0 Å². The molecule has 0 bridgehead atoms. The van der Waals surface area contributed by atoms with Crippen molar-refractivity contribution in [3.63, 3.8) is 0 Å². The van der Waals surface area contributed by atoms with Crippen molar-refractivity contribution in [3.05, 3.63) is 46.4 Å². The Balaban J connectivity index is 1.27. The highest BCUT2D eigenvalue weighted by Crippen LogP contribution is 2.62. The molecule has 0 radical (unpaired) electrons. The van der Waals surface area contributed by atoms with Gasteiger partial charge in [-0.1, -0.05) is 33.6 Å². The first-order valence-electron chi connectivity index (χ1n) is 15.1. The second kappa shape index (κ2) is 10.7. The van der Waals surface area contributed by atoms with Crippen molar-refractivity contribution in [1.82, 2.24) is 19.1 Å². The van der Waals surface area contributed by atoms with Gasteiger partial charge in [-0.2, -0.15) is 14.7 Å². The van der Waals surface area contributed by atoms with Crippen LogP contribution in [0.1, 0.15) is 83.7 Å². The largest absolute Gasteiger partial charge is 0.481 e. The topological polar surface area (TPSA) is 167 Å². The van der Waals surface area contributed by atoms with Gasteiger partial charge in [0.1, 0.15) is 5.39 Å². The molecule has 12 heteroatoms. The molecule has 2 atom stereocenters. The summed E-state index contributed by atoms with van der Waals surface area (Å²) >= 11 is 0. The fourth-order valence-corrected chi connectivity index (χ4v) is 9.49. The average Bonchev–Trinajstić information content (AvgIpc) is 3.46. The Labute approximate surface area is 252 Å². The zero-order valence-electron chi connectivity index (χ0n) is 24.8. The number of aromatic amines is 1. The predicted molar refractivity (Wildman–Crippen MR) is 165 cm³/mol. The zero-order chi connectivity index (χ0) is 30.7. The van der Waals surface area contributed by atoms with Crippen molar-refractivity contribution in [1.29, 1.82) is 5.26 Å². The lowest BCUT2D eigenvalue weighted by atomic mass is 9.58. The zero-order valence-corrected chi connectivity index (χ0v) is 25.7. The number of hydrogen-bond acceptors (Lipinski definition) is 8. The average molecular weight is 609 g/mol. The normalized spacial score (nSPS) is 28.2. The molecule has 3 aliphatic rings. The second-order valence-corrected chi connectivity index (χ2v) is 15.3. The van der Waals surface area contributed by atoms with E-state index in [4.69, 9.17) is 5.10 Å². The van der Waals surface area contributed by atoms with Crippen molar-refractivity contribution in [2.45, 2.75) is 95.7 Å². The summed E-state index contributed by atoms with van der Waals surface area (Å²) in [6, 6.07) is 9.31. The summed E-state index contributed by atoms with van der Waals surface area (Å²) < 4.78 is 26.3. The molecule has 1 aliphatic heterocycles. The third kappa shape index (κ3) is 4.83. The van der Waals surface area contributed by atoms with Gasteiger partial charge in [0, 0.05) is 24.5 Å². The number of carbonyl (C=O) groups is 1. The van der Waals surface area contributed by atoms with Gasteiger partial charge in [0.15, 0.2) is 5.82 Å². The smallest absolute Gasteiger partial charge is 0.310 e. The van der Waals surface area contributed by atoms with E-state index < -0.39 is 27.6 Å². The Kier molecular flexibility index (Phi) is 7.36. The van der Waals surface area contributed by atoms with Crippen LogP contribution in [0.3, 0.4) is 0 Å². The van der Waals surface area contributed by atoms with E-state index in [0.717, 1.165) is 31.2 Å². The first-order chi connectivity index (χ1) is 20.4. The standard InChI is InChI=1S/C31H40N6O5S/c1-30(2,3)31(29(39)40)13-10-22(11-14-31)36-18-20-16-21(8-9-25(20)43(36,41)42)34-27-26-24(12-15-33-28(26)38)37(35-27)23-7-5-4-6-19(23)17-32/h8-9,12,15-16,19,22-23,41-42H,4-7,10-11,13-14,18H2,1-3H3,(H,33,38)(H,34,35)(H,39,40). The van der Waals surface area contributed by atoms with Gasteiger partial charge in [0.25, 0.3) is 5.56 Å². The van der Waals surface area contributed by atoms with Crippen LogP contribution in [0.5, 0.6) is 0 Å². The molecular weight excluding hydrogens is 568 g/mol. The molecule has 43 heavy (non-hydrogen) atoms. The number of hydrogen-bond donors (Lipinski definition) is 5. The molecule has 2 unspecified atom stereocenters. The maximum Gasteiger partial charge on any atom is 0.310 e. The summed E-state index contributed by atoms with van der Waals surface area (Å²) in [4.78, 5) is 28.5. The number of anilines is 2. The van der Waals surface area contributed by atoms with Crippen LogP contribution in [-0.4, -0.2) is 45.3 Å². The molecule has 2 aromatic heterocycles. The Morgan fingerprint density at radius 2 is 1.88 bits per heavy atom. The maximum absolute atomic E-state index is 13.0. The highest BCUT2D eigenvalue weighted by atomic mass is 32.3. The van der Waals surface area contributed by atoms with Crippen LogP contribution in [-0.2, 0) is 11.3 Å². The van der Waals surface area contributed by atoms with Crippen molar-refractivity contribution < 1.29 is 19.0 Å². The summed E-state index contributed by atoms with van der Waals surface area (Å²) in [5.41, 5.74) is 0.571. The molecule has 3 heterocycles. The first-order valence-corrected chi connectivity index (χ1v) is 16.6. The van der Waals surface area contributed by atoms with Crippen LogP contribution in [0.15, 0.2) is 40.2 Å². The van der Waals surface area contributed by atoms with E-state index in [1.54, 1.807) is 22.6 Å². The third-order valence-corrected chi connectivity index (χ3v) is 12.2. The number of pyridine rings is 1. The van der Waals surface area contributed by atoms with Crippen molar-refractivity contribution in [3.8, 4) is 6.07 Å². The van der Waals surface area contributed by atoms with E-state index >= 15 is 0 Å². The lowest BCUT2D eigenvalue weighted by molar-refractivity contribution is -0.160.